The highest BCUT2D eigenvalue weighted by molar-refractivity contribution is 7.86. The SMILES string of the molecule is NC(=O)Nc1cc(N)ccc1N=Nc1cc2c(S(=O)(=O)O)cccc2cc1S(=O)(=O)O.O=S(=O)=O. The van der Waals surface area contributed by atoms with Crippen LogP contribution >= 0.6 is 0 Å². The van der Waals surface area contributed by atoms with Crippen LogP contribution < -0.4 is 16.8 Å². The van der Waals surface area contributed by atoms with Crippen LogP contribution in [-0.2, 0) is 30.8 Å². The first-order chi connectivity index (χ1) is 16.1. The third kappa shape index (κ3) is 7.52. The van der Waals surface area contributed by atoms with Gasteiger partial charge in [-0.1, -0.05) is 12.1 Å². The molecule has 3 rings (SSSR count). The van der Waals surface area contributed by atoms with Gasteiger partial charge in [-0.25, -0.2) is 4.79 Å². The molecule has 0 unspecified atom stereocenters. The molecule has 0 bridgehead atoms. The molecule has 0 spiro atoms. The Balaban J connectivity index is 0.00000100. The molecule has 2 amide bonds. The van der Waals surface area contributed by atoms with Gasteiger partial charge in [-0.15, -0.1) is 22.9 Å². The second kappa shape index (κ2) is 10.5. The summed E-state index contributed by atoms with van der Waals surface area (Å²) < 4.78 is 91.4. The molecule has 0 saturated carbocycles. The Morgan fingerprint density at radius 3 is 1.97 bits per heavy atom. The summed E-state index contributed by atoms with van der Waals surface area (Å²) in [5, 5.41) is 9.97. The summed E-state index contributed by atoms with van der Waals surface area (Å²) in [6.45, 7) is 0. The molecular formula is C17H15N5O10S3. The van der Waals surface area contributed by atoms with Crippen molar-refractivity contribution >= 4 is 70.4 Å². The molecule has 186 valence electrons. The van der Waals surface area contributed by atoms with Crippen molar-refractivity contribution in [3.8, 4) is 0 Å². The van der Waals surface area contributed by atoms with Crippen LogP contribution in [0, 0.1) is 0 Å². The zero-order chi connectivity index (χ0) is 26.6. The van der Waals surface area contributed by atoms with Gasteiger partial charge in [0.1, 0.15) is 21.2 Å². The monoisotopic (exact) mass is 545 g/mol. The van der Waals surface area contributed by atoms with Crippen LogP contribution in [0.25, 0.3) is 10.8 Å². The van der Waals surface area contributed by atoms with E-state index in [9.17, 15) is 30.7 Å². The molecule has 15 nitrogen and oxygen atoms in total. The second-order valence-electron chi connectivity index (χ2n) is 6.42. The standard InChI is InChI=1S/C17H15N5O7S2.O3S/c18-10-4-5-12(13(7-10)20-17(19)23)21-22-14-8-11-9(6-16(14)31(27,28)29)2-1-3-15(11)30(24,25)26;1-4(2)3/h1-8H,18H2,(H3,19,20,23)(H,24,25,26)(H,27,28,29);. The lowest BCUT2D eigenvalue weighted by molar-refractivity contribution is 0.259. The number of nitrogens with one attached hydrogen (secondary N) is 1. The number of primary amides is 1. The van der Waals surface area contributed by atoms with Crippen molar-refractivity contribution in [1.82, 2.24) is 0 Å². The Kier molecular flexibility index (Phi) is 8.20. The summed E-state index contributed by atoms with van der Waals surface area (Å²) in [6.07, 6.45) is 0. The highest BCUT2D eigenvalue weighted by atomic mass is 32.2. The number of fused-ring (bicyclic) bond motifs is 1. The quantitative estimate of drug-likeness (QED) is 0.175. The number of hydrogen-bond acceptors (Lipinski definition) is 11. The van der Waals surface area contributed by atoms with Gasteiger partial charge in [-0.05, 0) is 41.8 Å². The largest absolute Gasteiger partial charge is 0.425 e. The second-order valence-corrected chi connectivity index (χ2v) is 9.61. The molecule has 0 saturated heterocycles. The maximum atomic E-state index is 11.8. The lowest BCUT2D eigenvalue weighted by Gasteiger charge is -2.09. The maximum Gasteiger partial charge on any atom is 0.425 e. The molecule has 35 heavy (non-hydrogen) atoms. The molecule has 0 heterocycles. The third-order valence-corrected chi connectivity index (χ3v) is 5.81. The minimum absolute atomic E-state index is 0.0393. The van der Waals surface area contributed by atoms with Crippen molar-refractivity contribution in [3.05, 3.63) is 48.5 Å². The number of carbonyl (C=O) groups excluding carboxylic acids is 1. The fourth-order valence-corrected chi connectivity index (χ4v) is 4.10. The summed E-state index contributed by atoms with van der Waals surface area (Å²) >= 11 is 0. The number of carbonyl (C=O) groups is 1. The lowest BCUT2D eigenvalue weighted by atomic mass is 10.1. The normalized spacial score (nSPS) is 11.6. The van der Waals surface area contributed by atoms with E-state index < -0.39 is 52.4 Å². The summed E-state index contributed by atoms with van der Waals surface area (Å²) in [6, 6.07) is 9.01. The van der Waals surface area contributed by atoms with Gasteiger partial charge in [-0.2, -0.15) is 16.8 Å². The van der Waals surface area contributed by atoms with Crippen molar-refractivity contribution in [2.24, 2.45) is 16.0 Å². The number of benzene rings is 3. The lowest BCUT2D eigenvalue weighted by Crippen LogP contribution is -2.19. The number of amides is 2. The number of nitrogens with zero attached hydrogens (tertiary/aromatic N) is 2. The molecule has 18 heteroatoms. The van der Waals surface area contributed by atoms with Crippen LogP contribution in [0.15, 0.2) is 68.6 Å². The van der Waals surface area contributed by atoms with E-state index in [1.807, 2.05) is 0 Å². The van der Waals surface area contributed by atoms with Crippen LogP contribution in [-0.4, -0.2) is 44.6 Å². The molecule has 0 aliphatic rings. The van der Waals surface area contributed by atoms with Crippen LogP contribution in [0.4, 0.5) is 27.5 Å². The van der Waals surface area contributed by atoms with E-state index >= 15 is 0 Å². The Morgan fingerprint density at radius 1 is 0.857 bits per heavy atom. The number of nitrogen functional groups attached to an aromatic ring is 1. The average Bonchev–Trinajstić information content (AvgIpc) is 2.70. The molecule has 0 radical (unpaired) electrons. The third-order valence-electron chi connectivity index (χ3n) is 4.02. The minimum Gasteiger partial charge on any atom is -0.399 e. The fourth-order valence-electron chi connectivity index (χ4n) is 2.76. The number of hydrogen-bond donors (Lipinski definition) is 5. The number of urea groups is 1. The Hall–Kier alpha value is -3.97. The molecule has 0 fully saturated rings. The predicted octanol–water partition coefficient (Wildman–Crippen LogP) is 1.82. The number of nitrogens with two attached hydrogens (primary N) is 2. The van der Waals surface area contributed by atoms with Gasteiger partial charge in [0.25, 0.3) is 20.2 Å². The first-order valence-corrected chi connectivity index (χ1v) is 12.6. The molecule has 0 aliphatic heterocycles. The van der Waals surface area contributed by atoms with E-state index in [4.69, 9.17) is 24.1 Å². The summed E-state index contributed by atoms with van der Waals surface area (Å²) in [5.41, 5.74) is 10.7. The smallest absolute Gasteiger partial charge is 0.399 e. The zero-order valence-electron chi connectivity index (χ0n) is 17.1. The van der Waals surface area contributed by atoms with E-state index in [1.165, 1.54) is 30.3 Å². The average molecular weight is 546 g/mol. The summed E-state index contributed by atoms with van der Waals surface area (Å²) in [4.78, 5) is 10.0. The molecular weight excluding hydrogens is 530 g/mol. The Labute approximate surface area is 199 Å². The van der Waals surface area contributed by atoms with Crippen LogP contribution in [0.3, 0.4) is 0 Å². The maximum absolute atomic E-state index is 11.8. The zero-order valence-corrected chi connectivity index (χ0v) is 19.5. The van der Waals surface area contributed by atoms with Crippen molar-refractivity contribution < 1.29 is 43.4 Å². The van der Waals surface area contributed by atoms with Crippen LogP contribution in [0.2, 0.25) is 0 Å². The topological polar surface area (TPSA) is 266 Å². The molecule has 3 aromatic rings. The summed E-state index contributed by atoms with van der Waals surface area (Å²) in [7, 11) is -12.5. The van der Waals surface area contributed by atoms with Gasteiger partial charge in [0.15, 0.2) is 0 Å². The first-order valence-electron chi connectivity index (χ1n) is 8.76. The van der Waals surface area contributed by atoms with E-state index in [0.29, 0.717) is 0 Å². The van der Waals surface area contributed by atoms with Gasteiger partial charge >= 0.3 is 16.6 Å². The van der Waals surface area contributed by atoms with Crippen molar-refractivity contribution in [1.29, 1.82) is 0 Å². The van der Waals surface area contributed by atoms with Gasteiger partial charge in [-0.3, -0.25) is 9.11 Å². The van der Waals surface area contributed by atoms with E-state index in [1.54, 1.807) is 0 Å². The van der Waals surface area contributed by atoms with Gasteiger partial charge in [0.05, 0.1) is 5.69 Å². The molecule has 0 aromatic heterocycles. The molecule has 3 aromatic carbocycles. The van der Waals surface area contributed by atoms with Crippen LogP contribution in [0.1, 0.15) is 0 Å². The number of azo groups is 1. The number of anilines is 2. The van der Waals surface area contributed by atoms with Crippen molar-refractivity contribution in [2.45, 2.75) is 9.79 Å². The predicted molar refractivity (Wildman–Crippen MR) is 122 cm³/mol. The van der Waals surface area contributed by atoms with E-state index in [0.717, 1.165) is 18.2 Å². The van der Waals surface area contributed by atoms with Gasteiger partial charge < -0.3 is 16.8 Å². The van der Waals surface area contributed by atoms with E-state index in [2.05, 4.69) is 15.5 Å². The highest BCUT2D eigenvalue weighted by Gasteiger charge is 2.21. The van der Waals surface area contributed by atoms with E-state index in [-0.39, 0.29) is 27.8 Å². The van der Waals surface area contributed by atoms with Crippen molar-refractivity contribution in [2.75, 3.05) is 11.1 Å². The fraction of sp³-hybridized carbons (Fsp3) is 0. The number of rotatable bonds is 5. The first kappa shape index (κ1) is 27.3. The van der Waals surface area contributed by atoms with Gasteiger partial charge in [0, 0.05) is 11.1 Å². The molecule has 7 N–H and O–H groups in total. The molecule has 0 atom stereocenters. The molecule has 0 aliphatic carbocycles. The highest BCUT2D eigenvalue weighted by Crippen LogP contribution is 2.35. The van der Waals surface area contributed by atoms with Gasteiger partial charge in [0.2, 0.25) is 0 Å². The van der Waals surface area contributed by atoms with Crippen LogP contribution in [0.5, 0.6) is 0 Å². The Bertz CT molecular complexity index is 1660. The summed E-state index contributed by atoms with van der Waals surface area (Å²) in [5.74, 6) is 0. The van der Waals surface area contributed by atoms with Crippen molar-refractivity contribution in [3.63, 3.8) is 0 Å². The minimum atomic E-state index is -4.79. The Morgan fingerprint density at radius 2 is 1.43 bits per heavy atom.